The van der Waals surface area contributed by atoms with E-state index in [2.05, 4.69) is 10.3 Å². The number of carbonyl (C=O) groups excluding carboxylic acids is 1. The van der Waals surface area contributed by atoms with Gasteiger partial charge in [-0.2, -0.15) is 0 Å². The molecule has 0 aliphatic rings. The van der Waals surface area contributed by atoms with Gasteiger partial charge in [-0.25, -0.2) is 0 Å². The fourth-order valence-corrected chi connectivity index (χ4v) is 1.61. The Morgan fingerprint density at radius 2 is 2.26 bits per heavy atom. The van der Waals surface area contributed by atoms with Crippen LogP contribution in [0.2, 0.25) is 0 Å². The van der Waals surface area contributed by atoms with Crippen molar-refractivity contribution in [1.82, 2.24) is 10.3 Å². The highest BCUT2D eigenvalue weighted by Crippen LogP contribution is 2.26. The first-order valence-electron chi connectivity index (χ1n) is 5.75. The minimum Gasteiger partial charge on any atom is -0.504 e. The predicted octanol–water partition coefficient (Wildman–Crippen LogP) is 1.73. The molecule has 0 bridgehead atoms. The molecule has 0 unspecified atom stereocenters. The number of pyridine rings is 1. The first-order chi connectivity index (χ1) is 9.20. The molecule has 98 valence electrons. The molecule has 2 aromatic rings. The van der Waals surface area contributed by atoms with Gasteiger partial charge in [-0.15, -0.1) is 0 Å². The van der Waals surface area contributed by atoms with Gasteiger partial charge in [0.1, 0.15) is 0 Å². The van der Waals surface area contributed by atoms with E-state index in [9.17, 15) is 9.90 Å². The number of hydrogen-bond donors (Lipinski definition) is 2. The largest absolute Gasteiger partial charge is 0.504 e. The average Bonchev–Trinajstić information content (AvgIpc) is 2.46. The van der Waals surface area contributed by atoms with E-state index in [0.29, 0.717) is 12.1 Å². The third kappa shape index (κ3) is 3.22. The summed E-state index contributed by atoms with van der Waals surface area (Å²) in [4.78, 5) is 15.9. The summed E-state index contributed by atoms with van der Waals surface area (Å²) in [5.74, 6) is 0.0440. The van der Waals surface area contributed by atoms with E-state index < -0.39 is 0 Å². The Morgan fingerprint density at radius 3 is 2.95 bits per heavy atom. The topological polar surface area (TPSA) is 71.5 Å². The Bertz CT molecular complexity index is 570. The molecule has 0 aliphatic carbocycles. The number of phenolic OH excluding ortho intramolecular Hbond substituents is 1. The first-order valence-corrected chi connectivity index (χ1v) is 5.75. The molecular weight excluding hydrogens is 244 g/mol. The van der Waals surface area contributed by atoms with Gasteiger partial charge in [0.2, 0.25) is 0 Å². The van der Waals surface area contributed by atoms with E-state index in [-0.39, 0.29) is 17.4 Å². The van der Waals surface area contributed by atoms with Crippen LogP contribution in [0.1, 0.15) is 15.9 Å². The van der Waals surface area contributed by atoms with Gasteiger partial charge in [0.15, 0.2) is 11.5 Å². The molecule has 1 amide bonds. The van der Waals surface area contributed by atoms with Crippen LogP contribution in [0.25, 0.3) is 0 Å². The first kappa shape index (κ1) is 12.9. The molecule has 19 heavy (non-hydrogen) atoms. The van der Waals surface area contributed by atoms with Crippen LogP contribution < -0.4 is 10.1 Å². The van der Waals surface area contributed by atoms with Crippen LogP contribution in [-0.2, 0) is 6.54 Å². The van der Waals surface area contributed by atoms with E-state index in [1.165, 1.54) is 25.3 Å². The van der Waals surface area contributed by atoms with Crippen molar-refractivity contribution >= 4 is 5.91 Å². The van der Waals surface area contributed by atoms with Gasteiger partial charge >= 0.3 is 0 Å². The lowest BCUT2D eigenvalue weighted by Gasteiger charge is -2.07. The molecule has 0 saturated heterocycles. The SMILES string of the molecule is COc1cc(C(=O)NCc2cccnc2)ccc1O. The van der Waals surface area contributed by atoms with E-state index in [4.69, 9.17) is 4.74 Å². The van der Waals surface area contributed by atoms with Crippen molar-refractivity contribution in [1.29, 1.82) is 0 Å². The van der Waals surface area contributed by atoms with Crippen LogP contribution in [0.15, 0.2) is 42.7 Å². The number of rotatable bonds is 4. The Balaban J connectivity index is 2.04. The second-order valence-corrected chi connectivity index (χ2v) is 3.93. The zero-order chi connectivity index (χ0) is 13.7. The lowest BCUT2D eigenvalue weighted by Crippen LogP contribution is -2.22. The van der Waals surface area contributed by atoms with Crippen LogP contribution in [0, 0.1) is 0 Å². The number of methoxy groups -OCH3 is 1. The standard InChI is InChI=1S/C14H14N2O3/c1-19-13-7-11(4-5-12(13)17)14(18)16-9-10-3-2-6-15-8-10/h2-8,17H,9H2,1H3,(H,16,18). The van der Waals surface area contributed by atoms with Crippen molar-refractivity contribution in [3.63, 3.8) is 0 Å². The highest BCUT2D eigenvalue weighted by atomic mass is 16.5. The second kappa shape index (κ2) is 5.86. The predicted molar refractivity (Wildman–Crippen MR) is 70.1 cm³/mol. The fraction of sp³-hybridized carbons (Fsp3) is 0.143. The van der Waals surface area contributed by atoms with E-state index in [1.54, 1.807) is 12.4 Å². The van der Waals surface area contributed by atoms with Crippen LogP contribution in [0.4, 0.5) is 0 Å². The molecule has 0 fully saturated rings. The van der Waals surface area contributed by atoms with Crippen molar-refractivity contribution in [2.24, 2.45) is 0 Å². The minimum absolute atomic E-state index is 0.00584. The van der Waals surface area contributed by atoms with Crippen molar-refractivity contribution < 1.29 is 14.6 Å². The number of nitrogens with one attached hydrogen (secondary N) is 1. The molecule has 5 nitrogen and oxygen atoms in total. The highest BCUT2D eigenvalue weighted by Gasteiger charge is 2.09. The summed E-state index contributed by atoms with van der Waals surface area (Å²) in [6.45, 7) is 0.399. The number of carbonyl (C=O) groups is 1. The zero-order valence-corrected chi connectivity index (χ0v) is 10.5. The third-order valence-corrected chi connectivity index (χ3v) is 2.62. The van der Waals surface area contributed by atoms with Crippen molar-refractivity contribution in [3.8, 4) is 11.5 Å². The normalized spacial score (nSPS) is 9.95. The molecule has 1 heterocycles. The summed E-state index contributed by atoms with van der Waals surface area (Å²) in [5, 5.41) is 12.2. The summed E-state index contributed by atoms with van der Waals surface area (Å²) in [5.41, 5.74) is 1.35. The molecule has 2 N–H and O–H groups in total. The zero-order valence-electron chi connectivity index (χ0n) is 10.5. The number of ether oxygens (including phenoxy) is 1. The number of amides is 1. The van der Waals surface area contributed by atoms with Crippen molar-refractivity contribution in [2.45, 2.75) is 6.54 Å². The number of aromatic hydroxyl groups is 1. The Hall–Kier alpha value is -2.56. The van der Waals surface area contributed by atoms with Crippen LogP contribution in [-0.4, -0.2) is 23.1 Å². The Kier molecular flexibility index (Phi) is 3.97. The molecule has 5 heteroatoms. The van der Waals surface area contributed by atoms with Gasteiger partial charge in [0, 0.05) is 24.5 Å². The Labute approximate surface area is 110 Å². The van der Waals surface area contributed by atoms with Gasteiger partial charge < -0.3 is 15.2 Å². The van der Waals surface area contributed by atoms with Gasteiger partial charge in [-0.3, -0.25) is 9.78 Å². The molecule has 1 aromatic heterocycles. The third-order valence-electron chi connectivity index (χ3n) is 2.62. The van der Waals surface area contributed by atoms with Crippen LogP contribution >= 0.6 is 0 Å². The summed E-state index contributed by atoms with van der Waals surface area (Å²) < 4.78 is 4.96. The summed E-state index contributed by atoms with van der Waals surface area (Å²) in [6, 6.07) is 8.15. The quantitative estimate of drug-likeness (QED) is 0.876. The number of hydrogen-bond acceptors (Lipinski definition) is 4. The fourth-order valence-electron chi connectivity index (χ4n) is 1.61. The van der Waals surface area contributed by atoms with Crippen molar-refractivity contribution in [3.05, 3.63) is 53.9 Å². The van der Waals surface area contributed by atoms with Gasteiger partial charge in [0.05, 0.1) is 7.11 Å². The number of aromatic nitrogens is 1. The van der Waals surface area contributed by atoms with E-state index in [1.807, 2.05) is 12.1 Å². The molecule has 0 saturated carbocycles. The van der Waals surface area contributed by atoms with Crippen LogP contribution in [0.5, 0.6) is 11.5 Å². The van der Waals surface area contributed by atoms with Crippen LogP contribution in [0.3, 0.4) is 0 Å². The summed E-state index contributed by atoms with van der Waals surface area (Å²) >= 11 is 0. The van der Waals surface area contributed by atoms with Gasteiger partial charge in [-0.1, -0.05) is 6.07 Å². The molecule has 0 spiro atoms. The highest BCUT2D eigenvalue weighted by molar-refractivity contribution is 5.94. The minimum atomic E-state index is -0.234. The molecule has 0 radical (unpaired) electrons. The Morgan fingerprint density at radius 1 is 1.42 bits per heavy atom. The van der Waals surface area contributed by atoms with E-state index in [0.717, 1.165) is 5.56 Å². The maximum atomic E-state index is 11.9. The summed E-state index contributed by atoms with van der Waals surface area (Å²) in [6.07, 6.45) is 3.37. The molecule has 2 rings (SSSR count). The summed E-state index contributed by atoms with van der Waals surface area (Å²) in [7, 11) is 1.44. The van der Waals surface area contributed by atoms with Gasteiger partial charge in [0.25, 0.3) is 5.91 Å². The van der Waals surface area contributed by atoms with Crippen molar-refractivity contribution in [2.75, 3.05) is 7.11 Å². The molecule has 1 aromatic carbocycles. The molecule has 0 atom stereocenters. The van der Waals surface area contributed by atoms with Gasteiger partial charge in [-0.05, 0) is 29.8 Å². The lowest BCUT2D eigenvalue weighted by molar-refractivity contribution is 0.0950. The maximum absolute atomic E-state index is 11.9. The maximum Gasteiger partial charge on any atom is 0.251 e. The van der Waals surface area contributed by atoms with E-state index >= 15 is 0 Å². The smallest absolute Gasteiger partial charge is 0.251 e. The lowest BCUT2D eigenvalue weighted by atomic mass is 10.2. The number of benzene rings is 1. The average molecular weight is 258 g/mol. The monoisotopic (exact) mass is 258 g/mol. The number of phenols is 1. The molecule has 0 aliphatic heterocycles. The second-order valence-electron chi connectivity index (χ2n) is 3.93. The number of nitrogens with zero attached hydrogens (tertiary/aromatic N) is 1. The molecular formula is C14H14N2O3.